The van der Waals surface area contributed by atoms with Crippen LogP contribution in [0.1, 0.15) is 16.2 Å². The molecule has 0 atom stereocenters. The van der Waals surface area contributed by atoms with Crippen LogP contribution in [0.3, 0.4) is 0 Å². The molecule has 0 saturated heterocycles. The standard InChI is InChI=1S/C3H8O4S.Mg.2H/c1-2-3-7-8(4,5)6;;;/h2-3H2,1H3,(H,4,5,6);;;/q;+2;2*-1. The summed E-state index contributed by atoms with van der Waals surface area (Å²) in [5.41, 5.74) is 0. The largest absolute Gasteiger partial charge is 2.00 e. The summed E-state index contributed by atoms with van der Waals surface area (Å²) in [6.45, 7) is 1.78. The van der Waals surface area contributed by atoms with Crippen LogP contribution in [0.5, 0.6) is 0 Å². The van der Waals surface area contributed by atoms with Gasteiger partial charge in [0.25, 0.3) is 0 Å². The third-order valence-corrected chi connectivity index (χ3v) is 0.901. The van der Waals surface area contributed by atoms with Gasteiger partial charge >= 0.3 is 33.5 Å². The first-order valence-electron chi connectivity index (χ1n) is 2.18. The molecule has 0 aliphatic heterocycles. The molecule has 0 aromatic carbocycles. The molecule has 0 rings (SSSR count). The Kier molecular flexibility index (Phi) is 7.43. The average Bonchev–Trinajstić information content (AvgIpc) is 1.59. The molecule has 0 saturated carbocycles. The Labute approximate surface area is 73.7 Å². The molecule has 0 aliphatic rings. The van der Waals surface area contributed by atoms with E-state index in [9.17, 15) is 8.42 Å². The van der Waals surface area contributed by atoms with E-state index in [2.05, 4.69) is 4.18 Å². The zero-order chi connectivity index (χ0) is 6.62. The number of hydrogen-bond donors (Lipinski definition) is 1. The molecule has 0 amide bonds. The molecule has 1 N–H and O–H groups in total. The maximum Gasteiger partial charge on any atom is 2.00 e. The molecule has 0 fully saturated rings. The first kappa shape index (κ1) is 12.3. The molecular weight excluding hydrogens is 156 g/mol. The third kappa shape index (κ3) is 12.0. The molecule has 4 nitrogen and oxygen atoms in total. The third-order valence-electron chi connectivity index (χ3n) is 0.436. The van der Waals surface area contributed by atoms with Gasteiger partial charge < -0.3 is 2.85 Å². The van der Waals surface area contributed by atoms with Gasteiger partial charge in [-0.15, -0.1) is 0 Å². The Balaban J connectivity index is -0.0000000817. The van der Waals surface area contributed by atoms with Crippen molar-refractivity contribution in [1.29, 1.82) is 0 Å². The fraction of sp³-hybridized carbons (Fsp3) is 1.00. The van der Waals surface area contributed by atoms with Crippen molar-refractivity contribution >= 4 is 33.5 Å². The van der Waals surface area contributed by atoms with Crippen LogP contribution < -0.4 is 0 Å². The molecular formula is C3H10MgO4S. The van der Waals surface area contributed by atoms with E-state index in [1.807, 2.05) is 0 Å². The van der Waals surface area contributed by atoms with E-state index in [1.165, 1.54) is 0 Å². The number of hydrogen-bond acceptors (Lipinski definition) is 3. The Bertz CT molecular complexity index is 147. The van der Waals surface area contributed by atoms with E-state index < -0.39 is 10.4 Å². The summed E-state index contributed by atoms with van der Waals surface area (Å²) in [5, 5.41) is 0. The van der Waals surface area contributed by atoms with E-state index in [-0.39, 0.29) is 32.5 Å². The summed E-state index contributed by atoms with van der Waals surface area (Å²) in [4.78, 5) is 0. The summed E-state index contributed by atoms with van der Waals surface area (Å²) in [6, 6.07) is 0. The van der Waals surface area contributed by atoms with E-state index in [0.717, 1.165) is 0 Å². The van der Waals surface area contributed by atoms with Crippen LogP contribution in [0, 0.1) is 0 Å². The molecule has 6 heteroatoms. The van der Waals surface area contributed by atoms with Gasteiger partial charge in [0, 0.05) is 0 Å². The molecule has 9 heavy (non-hydrogen) atoms. The Morgan fingerprint density at radius 1 is 1.67 bits per heavy atom. The molecule has 54 valence electrons. The fourth-order valence-corrected chi connectivity index (χ4v) is 0.566. The second kappa shape index (κ2) is 5.42. The molecule has 0 spiro atoms. The maximum atomic E-state index is 9.72. The van der Waals surface area contributed by atoms with Crippen LogP contribution in [0.25, 0.3) is 0 Å². The maximum absolute atomic E-state index is 9.72. The molecule has 0 heterocycles. The van der Waals surface area contributed by atoms with E-state index in [0.29, 0.717) is 6.42 Å². The van der Waals surface area contributed by atoms with E-state index >= 15 is 0 Å². The topological polar surface area (TPSA) is 63.6 Å². The second-order valence-electron chi connectivity index (χ2n) is 1.25. The smallest absolute Gasteiger partial charge is 1.00 e. The minimum absolute atomic E-state index is 0. The van der Waals surface area contributed by atoms with Gasteiger partial charge in [0.15, 0.2) is 0 Å². The first-order valence-corrected chi connectivity index (χ1v) is 3.54. The summed E-state index contributed by atoms with van der Waals surface area (Å²) < 4.78 is 31.3. The van der Waals surface area contributed by atoms with Gasteiger partial charge in [0.1, 0.15) is 0 Å². The summed E-state index contributed by atoms with van der Waals surface area (Å²) >= 11 is 0. The van der Waals surface area contributed by atoms with Crippen LogP contribution in [-0.2, 0) is 14.6 Å². The van der Waals surface area contributed by atoms with Gasteiger partial charge in [-0.2, -0.15) is 8.42 Å². The molecule has 0 unspecified atom stereocenters. The van der Waals surface area contributed by atoms with Crippen molar-refractivity contribution in [2.24, 2.45) is 0 Å². The van der Waals surface area contributed by atoms with Crippen LogP contribution in [0.4, 0.5) is 0 Å². The van der Waals surface area contributed by atoms with Crippen LogP contribution in [0.15, 0.2) is 0 Å². The van der Waals surface area contributed by atoms with Gasteiger partial charge in [0.05, 0.1) is 6.61 Å². The van der Waals surface area contributed by atoms with Crippen molar-refractivity contribution in [2.75, 3.05) is 6.61 Å². The van der Waals surface area contributed by atoms with Crippen molar-refractivity contribution in [3.63, 3.8) is 0 Å². The Morgan fingerprint density at radius 2 is 2.11 bits per heavy atom. The fourth-order valence-electron chi connectivity index (χ4n) is 0.189. The predicted molar refractivity (Wildman–Crippen MR) is 35.8 cm³/mol. The van der Waals surface area contributed by atoms with Crippen molar-refractivity contribution in [1.82, 2.24) is 0 Å². The zero-order valence-corrected chi connectivity index (χ0v) is 7.43. The summed E-state index contributed by atoms with van der Waals surface area (Å²) in [5.74, 6) is 0. The molecule has 0 radical (unpaired) electrons. The van der Waals surface area contributed by atoms with Gasteiger partial charge in [-0.3, -0.25) is 4.55 Å². The average molecular weight is 166 g/mol. The minimum Gasteiger partial charge on any atom is -1.00 e. The van der Waals surface area contributed by atoms with Gasteiger partial charge in [-0.25, -0.2) is 4.18 Å². The van der Waals surface area contributed by atoms with Crippen molar-refractivity contribution in [3.8, 4) is 0 Å². The Hall–Kier alpha value is 0.636. The quantitative estimate of drug-likeness (QED) is 0.476. The number of rotatable bonds is 3. The van der Waals surface area contributed by atoms with Crippen molar-refractivity contribution in [3.05, 3.63) is 0 Å². The molecule has 0 bridgehead atoms. The zero-order valence-electron chi connectivity index (χ0n) is 7.20. The molecule has 0 aliphatic carbocycles. The van der Waals surface area contributed by atoms with Gasteiger partial charge in [-0.1, -0.05) is 6.92 Å². The van der Waals surface area contributed by atoms with Gasteiger partial charge in [0.2, 0.25) is 0 Å². The molecule has 0 aromatic heterocycles. The first-order chi connectivity index (χ1) is 3.56. The van der Waals surface area contributed by atoms with Gasteiger partial charge in [-0.05, 0) is 6.42 Å². The monoisotopic (exact) mass is 166 g/mol. The SMILES string of the molecule is CCCOS(=O)(=O)O.[H-].[H-].[Mg+2]. The Morgan fingerprint density at radius 3 is 2.22 bits per heavy atom. The van der Waals surface area contributed by atoms with E-state index in [1.54, 1.807) is 6.92 Å². The predicted octanol–water partition coefficient (Wildman–Crippen LogP) is 0.0600. The minimum atomic E-state index is -4.19. The van der Waals surface area contributed by atoms with Crippen LogP contribution in [-0.4, -0.2) is 42.6 Å². The van der Waals surface area contributed by atoms with Crippen LogP contribution in [0.2, 0.25) is 0 Å². The van der Waals surface area contributed by atoms with Crippen molar-refractivity contribution < 1.29 is 20.0 Å². The van der Waals surface area contributed by atoms with Crippen molar-refractivity contribution in [2.45, 2.75) is 13.3 Å². The summed E-state index contributed by atoms with van der Waals surface area (Å²) in [7, 11) is -4.19. The van der Waals surface area contributed by atoms with Crippen LogP contribution >= 0.6 is 0 Å². The second-order valence-corrected chi connectivity index (χ2v) is 2.34. The normalized spacial score (nSPS) is 10.4. The molecule has 0 aromatic rings. The summed E-state index contributed by atoms with van der Waals surface area (Å²) in [6.07, 6.45) is 0.569. The van der Waals surface area contributed by atoms with E-state index in [4.69, 9.17) is 4.55 Å².